The molecule has 1 saturated heterocycles. The lowest BCUT2D eigenvalue weighted by Crippen LogP contribution is -2.44. The number of amides is 2. The van der Waals surface area contributed by atoms with Crippen molar-refractivity contribution in [3.05, 3.63) is 17.8 Å². The molecule has 5 heteroatoms. The van der Waals surface area contributed by atoms with Gasteiger partial charge in [0.1, 0.15) is 5.76 Å². The molecule has 2 rings (SSSR count). The number of likely N-dealkylation sites (tertiary alicyclic amines) is 1. The predicted octanol–water partition coefficient (Wildman–Crippen LogP) is 2.18. The molecule has 18 heavy (non-hydrogen) atoms. The second-order valence-corrected chi connectivity index (χ2v) is 4.93. The van der Waals surface area contributed by atoms with Crippen LogP contribution in [0.5, 0.6) is 0 Å². The van der Waals surface area contributed by atoms with Crippen LogP contribution < -0.4 is 5.32 Å². The molecule has 2 heterocycles. The monoisotopic (exact) mass is 251 g/mol. The highest BCUT2D eigenvalue weighted by Gasteiger charge is 2.20. The van der Waals surface area contributed by atoms with Gasteiger partial charge in [0, 0.05) is 19.5 Å². The van der Waals surface area contributed by atoms with Gasteiger partial charge < -0.3 is 14.6 Å². The van der Waals surface area contributed by atoms with E-state index in [0.717, 1.165) is 31.7 Å². The van der Waals surface area contributed by atoms with Crippen LogP contribution in [0.1, 0.15) is 38.3 Å². The van der Waals surface area contributed by atoms with E-state index in [9.17, 15) is 4.79 Å². The van der Waals surface area contributed by atoms with Crippen molar-refractivity contribution in [1.29, 1.82) is 0 Å². The molecule has 1 atom stereocenters. The van der Waals surface area contributed by atoms with E-state index in [1.165, 1.54) is 6.42 Å². The van der Waals surface area contributed by atoms with Crippen molar-refractivity contribution in [3.63, 3.8) is 0 Å². The van der Waals surface area contributed by atoms with E-state index in [0.29, 0.717) is 18.4 Å². The van der Waals surface area contributed by atoms with E-state index in [1.807, 2.05) is 11.8 Å². The van der Waals surface area contributed by atoms with Gasteiger partial charge in [-0.2, -0.15) is 0 Å². The first kappa shape index (κ1) is 12.9. The summed E-state index contributed by atoms with van der Waals surface area (Å²) in [6.45, 7) is 6.25. The van der Waals surface area contributed by atoms with Gasteiger partial charge in [0.05, 0.1) is 12.7 Å². The zero-order valence-electron chi connectivity index (χ0n) is 11.1. The maximum atomic E-state index is 11.9. The minimum Gasteiger partial charge on any atom is -0.444 e. The summed E-state index contributed by atoms with van der Waals surface area (Å²) in [5.41, 5.74) is 0. The van der Waals surface area contributed by atoms with Crippen molar-refractivity contribution in [2.45, 2.75) is 39.7 Å². The van der Waals surface area contributed by atoms with Crippen LogP contribution >= 0.6 is 0 Å². The third kappa shape index (κ3) is 3.24. The van der Waals surface area contributed by atoms with E-state index in [-0.39, 0.29) is 6.03 Å². The second kappa shape index (κ2) is 5.89. The third-order valence-corrected chi connectivity index (χ3v) is 3.28. The fourth-order valence-electron chi connectivity index (χ4n) is 2.23. The van der Waals surface area contributed by atoms with Gasteiger partial charge in [0.15, 0.2) is 0 Å². The molecule has 2 amide bonds. The Labute approximate surface area is 108 Å². The Kier molecular flexibility index (Phi) is 4.23. The fraction of sp³-hybridized carbons (Fsp3) is 0.692. The Morgan fingerprint density at radius 1 is 1.67 bits per heavy atom. The number of hydrogen-bond donors (Lipinski definition) is 1. The zero-order chi connectivity index (χ0) is 13.0. The number of oxazole rings is 1. The summed E-state index contributed by atoms with van der Waals surface area (Å²) in [6.07, 6.45) is 4.84. The van der Waals surface area contributed by atoms with Gasteiger partial charge >= 0.3 is 6.03 Å². The molecule has 0 bridgehead atoms. The largest absolute Gasteiger partial charge is 0.444 e. The summed E-state index contributed by atoms with van der Waals surface area (Å²) >= 11 is 0. The molecule has 0 aromatic carbocycles. The molecule has 0 radical (unpaired) electrons. The average Bonchev–Trinajstić information content (AvgIpc) is 2.84. The van der Waals surface area contributed by atoms with Crippen LogP contribution in [0.4, 0.5) is 4.79 Å². The lowest BCUT2D eigenvalue weighted by molar-refractivity contribution is 0.168. The number of urea groups is 1. The summed E-state index contributed by atoms with van der Waals surface area (Å²) in [6, 6.07) is -0.0159. The van der Waals surface area contributed by atoms with E-state index in [4.69, 9.17) is 4.42 Å². The maximum absolute atomic E-state index is 11.9. The maximum Gasteiger partial charge on any atom is 0.317 e. The quantitative estimate of drug-likeness (QED) is 0.895. The minimum absolute atomic E-state index is 0.0159. The first-order chi connectivity index (χ1) is 8.69. The SMILES string of the molecule is CCc1cnc(CNC(=O)N2CCCC(C)C2)o1. The number of hydrogen-bond acceptors (Lipinski definition) is 3. The molecule has 1 unspecified atom stereocenters. The van der Waals surface area contributed by atoms with Crippen LogP contribution in [-0.4, -0.2) is 29.0 Å². The third-order valence-electron chi connectivity index (χ3n) is 3.28. The molecular formula is C13H21N3O2. The van der Waals surface area contributed by atoms with Crippen LogP contribution in [0.2, 0.25) is 0 Å². The molecule has 0 spiro atoms. The molecule has 100 valence electrons. The molecule has 1 fully saturated rings. The number of nitrogens with zero attached hydrogens (tertiary/aromatic N) is 2. The number of rotatable bonds is 3. The van der Waals surface area contributed by atoms with Crippen molar-refractivity contribution in [2.24, 2.45) is 5.92 Å². The minimum atomic E-state index is -0.0159. The molecule has 5 nitrogen and oxygen atoms in total. The van der Waals surface area contributed by atoms with Gasteiger partial charge in [0.2, 0.25) is 5.89 Å². The van der Waals surface area contributed by atoms with Crippen molar-refractivity contribution in [1.82, 2.24) is 15.2 Å². The first-order valence-electron chi connectivity index (χ1n) is 6.65. The summed E-state index contributed by atoms with van der Waals surface area (Å²) in [5, 5.41) is 2.86. The van der Waals surface area contributed by atoms with Crippen molar-refractivity contribution in [2.75, 3.05) is 13.1 Å². The highest BCUT2D eigenvalue weighted by molar-refractivity contribution is 5.74. The standard InChI is InChI=1S/C13H21N3O2/c1-3-11-7-14-12(18-11)8-15-13(17)16-6-4-5-10(2)9-16/h7,10H,3-6,8-9H2,1-2H3,(H,15,17). The van der Waals surface area contributed by atoms with Crippen molar-refractivity contribution >= 4 is 6.03 Å². The topological polar surface area (TPSA) is 58.4 Å². The Hall–Kier alpha value is -1.52. The van der Waals surface area contributed by atoms with E-state index in [1.54, 1.807) is 6.20 Å². The lowest BCUT2D eigenvalue weighted by atomic mass is 10.0. The van der Waals surface area contributed by atoms with Gasteiger partial charge in [-0.05, 0) is 18.8 Å². The predicted molar refractivity (Wildman–Crippen MR) is 68.1 cm³/mol. The van der Waals surface area contributed by atoms with Crippen molar-refractivity contribution < 1.29 is 9.21 Å². The molecule has 1 aliphatic heterocycles. The average molecular weight is 251 g/mol. The van der Waals surface area contributed by atoms with Crippen LogP contribution in [0.25, 0.3) is 0 Å². The molecule has 1 aromatic heterocycles. The first-order valence-corrected chi connectivity index (χ1v) is 6.65. The summed E-state index contributed by atoms with van der Waals surface area (Å²) in [5.74, 6) is 2.02. The Morgan fingerprint density at radius 2 is 2.50 bits per heavy atom. The molecule has 1 N–H and O–H groups in total. The van der Waals surface area contributed by atoms with Gasteiger partial charge in [-0.1, -0.05) is 13.8 Å². The van der Waals surface area contributed by atoms with E-state index >= 15 is 0 Å². The Balaban J connectivity index is 1.80. The highest BCUT2D eigenvalue weighted by atomic mass is 16.4. The number of carbonyl (C=O) groups excluding carboxylic acids is 1. The molecule has 1 aliphatic rings. The van der Waals surface area contributed by atoms with Gasteiger partial charge in [-0.15, -0.1) is 0 Å². The summed E-state index contributed by atoms with van der Waals surface area (Å²) < 4.78 is 5.45. The number of aryl methyl sites for hydroxylation is 1. The highest BCUT2D eigenvalue weighted by Crippen LogP contribution is 2.15. The lowest BCUT2D eigenvalue weighted by Gasteiger charge is -2.30. The van der Waals surface area contributed by atoms with Gasteiger partial charge in [0.25, 0.3) is 0 Å². The summed E-state index contributed by atoms with van der Waals surface area (Å²) in [4.78, 5) is 17.9. The fourth-order valence-corrected chi connectivity index (χ4v) is 2.23. The van der Waals surface area contributed by atoms with Crippen molar-refractivity contribution in [3.8, 4) is 0 Å². The Morgan fingerprint density at radius 3 is 3.17 bits per heavy atom. The van der Waals surface area contributed by atoms with Crippen LogP contribution in [-0.2, 0) is 13.0 Å². The van der Waals surface area contributed by atoms with E-state index in [2.05, 4.69) is 17.2 Å². The number of nitrogens with one attached hydrogen (secondary N) is 1. The molecule has 0 aliphatic carbocycles. The normalized spacial score (nSPS) is 19.9. The van der Waals surface area contributed by atoms with E-state index < -0.39 is 0 Å². The second-order valence-electron chi connectivity index (χ2n) is 4.93. The van der Waals surface area contributed by atoms with Crippen LogP contribution in [0.3, 0.4) is 0 Å². The zero-order valence-corrected chi connectivity index (χ0v) is 11.1. The molecule has 1 aromatic rings. The number of piperidine rings is 1. The molecular weight excluding hydrogens is 230 g/mol. The van der Waals surface area contributed by atoms with Crippen LogP contribution in [0.15, 0.2) is 10.6 Å². The number of carbonyl (C=O) groups is 1. The molecule has 0 saturated carbocycles. The number of aromatic nitrogens is 1. The van der Waals surface area contributed by atoms with Gasteiger partial charge in [-0.25, -0.2) is 9.78 Å². The Bertz CT molecular complexity index is 403. The summed E-state index contributed by atoms with van der Waals surface area (Å²) in [7, 11) is 0. The smallest absolute Gasteiger partial charge is 0.317 e. The van der Waals surface area contributed by atoms with Gasteiger partial charge in [-0.3, -0.25) is 0 Å². The van der Waals surface area contributed by atoms with Crippen LogP contribution in [0, 0.1) is 5.92 Å².